The van der Waals surface area contributed by atoms with Crippen LogP contribution >= 0.6 is 11.6 Å². The highest BCUT2D eigenvalue weighted by molar-refractivity contribution is 6.33. The lowest BCUT2D eigenvalue weighted by molar-refractivity contribution is -0.144. The highest BCUT2D eigenvalue weighted by Gasteiger charge is 2.37. The highest BCUT2D eigenvalue weighted by atomic mass is 35.5. The summed E-state index contributed by atoms with van der Waals surface area (Å²) in [6.07, 6.45) is -0.516. The maximum atomic E-state index is 13.9. The van der Waals surface area contributed by atoms with Gasteiger partial charge in [0, 0.05) is 36.0 Å². The van der Waals surface area contributed by atoms with Crippen LogP contribution in [0.25, 0.3) is 11.3 Å². The summed E-state index contributed by atoms with van der Waals surface area (Å²) in [5.74, 6) is -4.64. The van der Waals surface area contributed by atoms with E-state index in [2.05, 4.69) is 25.6 Å². The first-order valence-electron chi connectivity index (χ1n) is 13.7. The summed E-state index contributed by atoms with van der Waals surface area (Å²) in [7, 11) is 0. The molecule has 41 heavy (non-hydrogen) atoms. The van der Waals surface area contributed by atoms with E-state index in [9.17, 15) is 26.7 Å². The SMILES string of the molecule is O=C(NC(CCN1CCCC(F)(F)C1)Cc1nnc(C(F)(F)F)[nH]1)c1cc(-c2ccccc2Cl)n(C2CCCC2)n1. The summed E-state index contributed by atoms with van der Waals surface area (Å²) in [4.78, 5) is 17.2. The largest absolute Gasteiger partial charge is 0.451 e. The molecule has 0 bridgehead atoms. The molecule has 2 aliphatic rings. The van der Waals surface area contributed by atoms with E-state index in [1.165, 1.54) is 0 Å². The average Bonchev–Trinajstić information content (AvgIpc) is 3.67. The van der Waals surface area contributed by atoms with Gasteiger partial charge in [0.05, 0.1) is 18.3 Å². The Morgan fingerprint density at radius 1 is 1.17 bits per heavy atom. The Kier molecular flexibility index (Phi) is 8.65. The van der Waals surface area contributed by atoms with Crippen molar-refractivity contribution in [3.05, 3.63) is 52.7 Å². The van der Waals surface area contributed by atoms with Gasteiger partial charge in [-0.05, 0) is 44.4 Å². The second-order valence-electron chi connectivity index (χ2n) is 10.8. The number of hydrogen-bond acceptors (Lipinski definition) is 5. The number of halogens is 6. The van der Waals surface area contributed by atoms with E-state index in [0.29, 0.717) is 23.7 Å². The second-order valence-corrected chi connectivity index (χ2v) is 11.2. The smallest absolute Gasteiger partial charge is 0.347 e. The van der Waals surface area contributed by atoms with Gasteiger partial charge in [-0.1, -0.05) is 42.6 Å². The Bertz CT molecular complexity index is 1350. The van der Waals surface area contributed by atoms with E-state index in [1.807, 2.05) is 22.9 Å². The summed E-state index contributed by atoms with van der Waals surface area (Å²) >= 11 is 6.47. The van der Waals surface area contributed by atoms with Crippen LogP contribution in [0.3, 0.4) is 0 Å². The minimum atomic E-state index is -4.70. The van der Waals surface area contributed by atoms with Gasteiger partial charge in [-0.2, -0.15) is 18.3 Å². The number of likely N-dealkylation sites (tertiary alicyclic amines) is 1. The third-order valence-electron chi connectivity index (χ3n) is 7.63. The van der Waals surface area contributed by atoms with Crippen LogP contribution in [0, 0.1) is 0 Å². The van der Waals surface area contributed by atoms with Crippen LogP contribution in [-0.2, 0) is 12.6 Å². The molecule has 3 heterocycles. The van der Waals surface area contributed by atoms with Crippen LogP contribution in [0.15, 0.2) is 30.3 Å². The monoisotopic (exact) mass is 599 g/mol. The van der Waals surface area contributed by atoms with Crippen LogP contribution in [-0.4, -0.2) is 67.4 Å². The van der Waals surface area contributed by atoms with Gasteiger partial charge in [0.2, 0.25) is 5.82 Å². The number of alkyl halides is 5. The molecule has 8 nitrogen and oxygen atoms in total. The fourth-order valence-corrected chi connectivity index (χ4v) is 5.85. The van der Waals surface area contributed by atoms with Crippen LogP contribution in [0.5, 0.6) is 0 Å². The van der Waals surface area contributed by atoms with E-state index < -0.39 is 36.4 Å². The highest BCUT2D eigenvalue weighted by Crippen LogP contribution is 2.36. The lowest BCUT2D eigenvalue weighted by Crippen LogP contribution is -2.45. The molecule has 1 amide bonds. The maximum absolute atomic E-state index is 13.9. The fraction of sp³-hybridized carbons (Fsp3) is 0.556. The van der Waals surface area contributed by atoms with Crippen molar-refractivity contribution in [3.63, 3.8) is 0 Å². The molecule has 1 aliphatic heterocycles. The lowest BCUT2D eigenvalue weighted by atomic mass is 10.0. The summed E-state index contributed by atoms with van der Waals surface area (Å²) < 4.78 is 68.9. The van der Waals surface area contributed by atoms with Gasteiger partial charge in [-0.3, -0.25) is 14.4 Å². The molecule has 222 valence electrons. The van der Waals surface area contributed by atoms with Crippen molar-refractivity contribution in [1.29, 1.82) is 0 Å². The third kappa shape index (κ3) is 7.24. The Morgan fingerprint density at radius 2 is 1.93 bits per heavy atom. The van der Waals surface area contributed by atoms with E-state index in [-0.39, 0.29) is 43.4 Å². The zero-order valence-electron chi connectivity index (χ0n) is 22.2. The van der Waals surface area contributed by atoms with Gasteiger partial charge in [-0.15, -0.1) is 10.2 Å². The molecule has 0 radical (unpaired) electrons. The lowest BCUT2D eigenvalue weighted by Gasteiger charge is -2.33. The van der Waals surface area contributed by atoms with Crippen molar-refractivity contribution in [2.75, 3.05) is 19.6 Å². The zero-order chi connectivity index (χ0) is 29.2. The Labute approximate surface area is 238 Å². The molecule has 2 N–H and O–H groups in total. The Hall–Kier alpha value is -3.06. The predicted molar refractivity (Wildman–Crippen MR) is 142 cm³/mol. The van der Waals surface area contributed by atoms with Gasteiger partial charge in [-0.25, -0.2) is 8.78 Å². The van der Waals surface area contributed by atoms with Crippen molar-refractivity contribution in [2.45, 2.75) is 75.5 Å². The second kappa shape index (κ2) is 12.0. The van der Waals surface area contributed by atoms with Crippen molar-refractivity contribution >= 4 is 17.5 Å². The van der Waals surface area contributed by atoms with E-state index >= 15 is 0 Å². The molecule has 2 aromatic heterocycles. The van der Waals surface area contributed by atoms with Crippen molar-refractivity contribution in [2.24, 2.45) is 0 Å². The Balaban J connectivity index is 1.37. The number of aromatic amines is 1. The first-order valence-corrected chi connectivity index (χ1v) is 14.1. The van der Waals surface area contributed by atoms with Crippen molar-refractivity contribution in [1.82, 2.24) is 35.2 Å². The number of carbonyl (C=O) groups excluding carboxylic acids is 1. The third-order valence-corrected chi connectivity index (χ3v) is 7.96. The normalized spacial score (nSPS) is 19.0. The minimum Gasteiger partial charge on any atom is -0.347 e. The van der Waals surface area contributed by atoms with Gasteiger partial charge >= 0.3 is 6.18 Å². The molecule has 2 fully saturated rings. The summed E-state index contributed by atoms with van der Waals surface area (Å²) in [6, 6.07) is 8.32. The number of piperidine rings is 1. The zero-order valence-corrected chi connectivity index (χ0v) is 23.0. The molecule has 3 aromatic rings. The topological polar surface area (TPSA) is 91.7 Å². The Morgan fingerprint density at radius 3 is 2.61 bits per heavy atom. The molecule has 1 unspecified atom stereocenters. The van der Waals surface area contributed by atoms with Gasteiger partial charge in [0.15, 0.2) is 5.69 Å². The summed E-state index contributed by atoms with van der Waals surface area (Å²) in [6.45, 7) is 0.299. The van der Waals surface area contributed by atoms with Crippen LogP contribution in [0.1, 0.15) is 73.1 Å². The fourth-order valence-electron chi connectivity index (χ4n) is 5.61. The number of nitrogens with zero attached hydrogens (tertiary/aromatic N) is 5. The van der Waals surface area contributed by atoms with Gasteiger partial charge < -0.3 is 10.3 Å². The number of aromatic nitrogens is 5. The van der Waals surface area contributed by atoms with Gasteiger partial charge in [0.25, 0.3) is 11.8 Å². The molecule has 14 heteroatoms. The summed E-state index contributed by atoms with van der Waals surface area (Å²) in [5, 5.41) is 14.8. The molecule has 1 saturated heterocycles. The molecule has 1 aliphatic carbocycles. The van der Waals surface area contributed by atoms with E-state index in [4.69, 9.17) is 11.6 Å². The number of hydrogen-bond donors (Lipinski definition) is 2. The van der Waals surface area contributed by atoms with Crippen LogP contribution in [0.4, 0.5) is 22.0 Å². The molecular weight excluding hydrogens is 569 g/mol. The van der Waals surface area contributed by atoms with Crippen LogP contribution < -0.4 is 5.32 Å². The minimum absolute atomic E-state index is 0.0696. The number of amides is 1. The molecular formula is C27H31ClF5N7O. The van der Waals surface area contributed by atoms with Crippen LogP contribution in [0.2, 0.25) is 5.02 Å². The average molecular weight is 600 g/mol. The number of nitrogens with one attached hydrogen (secondary N) is 2. The summed E-state index contributed by atoms with van der Waals surface area (Å²) in [5.41, 5.74) is 1.57. The van der Waals surface area contributed by atoms with Crippen molar-refractivity contribution < 1.29 is 26.7 Å². The van der Waals surface area contributed by atoms with E-state index in [1.54, 1.807) is 17.0 Å². The van der Waals surface area contributed by atoms with E-state index in [0.717, 1.165) is 31.2 Å². The molecule has 1 atom stereocenters. The predicted octanol–water partition coefficient (Wildman–Crippen LogP) is 5.92. The molecule has 1 aromatic carbocycles. The molecule has 1 saturated carbocycles. The van der Waals surface area contributed by atoms with Gasteiger partial charge in [0.1, 0.15) is 5.82 Å². The van der Waals surface area contributed by atoms with Crippen molar-refractivity contribution in [3.8, 4) is 11.3 Å². The number of rotatable bonds is 9. The first kappa shape index (κ1) is 29.4. The standard InChI is InChI=1S/C27H31ClF5N7O/c28-20-9-4-3-8-19(20)22-15-21(38-40(22)18-6-1-2-7-18)24(41)34-17(10-13-39-12-5-11-26(29,30)16-39)14-23-35-25(37-36-23)27(31,32)33/h3-4,8-9,15,17-18H,1-2,5-7,10-14,16H2,(H,34,41)(H,35,36,37). The number of carbonyl (C=O) groups is 1. The quantitative estimate of drug-likeness (QED) is 0.298. The maximum Gasteiger partial charge on any atom is 0.451 e. The number of benzene rings is 1. The molecule has 0 spiro atoms. The number of H-pyrrole nitrogens is 1. The molecule has 5 rings (SSSR count). The first-order chi connectivity index (χ1) is 19.5.